The molecule has 2 heteroatoms. The molecule has 0 heterocycles. The highest BCUT2D eigenvalue weighted by atomic mass is 31.2. The van der Waals surface area contributed by atoms with Crippen LogP contribution in [0.1, 0.15) is 17.5 Å². The molecule has 7 rings (SSSR count). The van der Waals surface area contributed by atoms with Gasteiger partial charge in [-0.25, -0.2) is 0 Å². The lowest BCUT2D eigenvalue weighted by Gasteiger charge is -2.29. The van der Waals surface area contributed by atoms with Crippen LogP contribution in [0.4, 0.5) is 0 Å². The van der Waals surface area contributed by atoms with Gasteiger partial charge in [-0.3, -0.25) is 0 Å². The van der Waals surface area contributed by atoms with Gasteiger partial charge in [0.1, 0.15) is 46.4 Å². The summed E-state index contributed by atoms with van der Waals surface area (Å²) in [4.78, 5) is 0. The van der Waals surface area contributed by atoms with E-state index in [1.54, 1.807) is 0 Å². The Balaban J connectivity index is 1.29. The van der Waals surface area contributed by atoms with Crippen molar-refractivity contribution in [3.05, 3.63) is 217 Å². The monoisotopic (exact) mass is 656 g/mol. The molecular weight excluding hydrogens is 614 g/mol. The molecule has 0 atom stereocenters. The van der Waals surface area contributed by atoms with E-state index in [2.05, 4.69) is 206 Å². The smallest absolute Gasteiger partial charge is 0.0620 e. The zero-order valence-corrected chi connectivity index (χ0v) is 29.1. The first-order valence-electron chi connectivity index (χ1n) is 17.0. The maximum absolute atomic E-state index is 2.40. The van der Waals surface area contributed by atoms with Gasteiger partial charge in [0.15, 0.2) is 0 Å². The second kappa shape index (κ2) is 15.1. The van der Waals surface area contributed by atoms with E-state index in [0.717, 1.165) is 25.2 Å². The number of hydrogen-bond acceptors (Lipinski definition) is 0. The van der Waals surface area contributed by atoms with Crippen LogP contribution in [0.5, 0.6) is 0 Å². The van der Waals surface area contributed by atoms with Crippen molar-refractivity contribution in [2.24, 2.45) is 0 Å². The van der Waals surface area contributed by atoms with Crippen LogP contribution < -0.4 is 31.8 Å². The molecule has 0 spiro atoms. The largest absolute Gasteiger partial charge is 0.116 e. The van der Waals surface area contributed by atoms with Gasteiger partial charge in [0.25, 0.3) is 0 Å². The van der Waals surface area contributed by atoms with Gasteiger partial charge in [-0.1, -0.05) is 133 Å². The van der Waals surface area contributed by atoms with E-state index in [9.17, 15) is 0 Å². The topological polar surface area (TPSA) is 0 Å². The number of benzene rings is 7. The lowest BCUT2D eigenvalue weighted by molar-refractivity contribution is 0.916. The Morgan fingerprint density at radius 1 is 0.271 bits per heavy atom. The summed E-state index contributed by atoms with van der Waals surface area (Å²) in [5.41, 5.74) is 2.93. The molecule has 0 radical (unpaired) electrons. The van der Waals surface area contributed by atoms with Gasteiger partial charge < -0.3 is 0 Å². The zero-order valence-electron chi connectivity index (χ0n) is 27.4. The Kier molecular flexibility index (Phi) is 10.1. The first kappa shape index (κ1) is 32.0. The minimum atomic E-state index is -2.00. The summed E-state index contributed by atoms with van der Waals surface area (Å²) in [5, 5.41) is 8.66. The molecule has 0 amide bonds. The molecule has 0 aliphatic heterocycles. The van der Waals surface area contributed by atoms with Gasteiger partial charge in [-0.2, -0.15) is 0 Å². The van der Waals surface area contributed by atoms with Crippen molar-refractivity contribution in [2.75, 3.05) is 6.16 Å². The molecule has 0 saturated carbocycles. The minimum absolute atomic E-state index is 0.998. The van der Waals surface area contributed by atoms with Crippen molar-refractivity contribution in [2.45, 2.75) is 19.0 Å². The standard InChI is InChI=1S/C46H42P2/c1-7-25-41(26-8-1)47(42-27-9-2-10-28-42,43-29-11-3-12-30-43)37-21-24-39-22-19-20-23-40(39)38-48(44-31-13-4-14-32-44,45-33-15-5-16-34-45)46-35-17-6-18-36-46/h1-20,22-23,25-36H,21,24,37-38H2/q+2. The second-order valence-electron chi connectivity index (χ2n) is 12.4. The maximum Gasteiger partial charge on any atom is 0.116 e. The summed E-state index contributed by atoms with van der Waals surface area (Å²) in [6, 6.07) is 77.0. The van der Waals surface area contributed by atoms with Crippen molar-refractivity contribution >= 4 is 46.4 Å². The van der Waals surface area contributed by atoms with Crippen LogP contribution in [-0.2, 0) is 12.6 Å². The van der Waals surface area contributed by atoms with Gasteiger partial charge >= 0.3 is 0 Å². The third-order valence-electron chi connectivity index (χ3n) is 9.65. The summed E-state index contributed by atoms with van der Waals surface area (Å²) in [7, 11) is -3.89. The predicted octanol–water partition coefficient (Wildman–Crippen LogP) is 9.11. The molecule has 7 aromatic rings. The summed E-state index contributed by atoms with van der Waals surface area (Å²) in [5.74, 6) is 0. The van der Waals surface area contributed by atoms with E-state index in [4.69, 9.17) is 0 Å². The fourth-order valence-corrected chi connectivity index (χ4v) is 16.0. The molecule has 234 valence electrons. The molecule has 0 N–H and O–H groups in total. The Labute approximate surface area is 287 Å². The SMILES string of the molecule is c1ccc([P+](CCCc2ccccc2C[P+](c2ccccc2)(c2ccccc2)c2ccccc2)(c2ccccc2)c2ccccc2)cc1. The summed E-state index contributed by atoms with van der Waals surface area (Å²) in [6.45, 7) is 0. The van der Waals surface area contributed by atoms with Crippen molar-refractivity contribution in [1.29, 1.82) is 0 Å². The lowest BCUT2D eigenvalue weighted by atomic mass is 10.0. The highest BCUT2D eigenvalue weighted by Gasteiger charge is 2.47. The van der Waals surface area contributed by atoms with Crippen molar-refractivity contribution in [3.63, 3.8) is 0 Å². The van der Waals surface area contributed by atoms with Crippen LogP contribution in [0.3, 0.4) is 0 Å². The molecular formula is C46H42P2+2. The fourth-order valence-electron chi connectivity index (χ4n) is 7.37. The molecule has 0 aromatic heterocycles. The van der Waals surface area contributed by atoms with Crippen LogP contribution >= 0.6 is 14.5 Å². The van der Waals surface area contributed by atoms with Crippen LogP contribution in [0.2, 0.25) is 0 Å². The average Bonchev–Trinajstić information content (AvgIpc) is 3.18. The summed E-state index contributed by atoms with van der Waals surface area (Å²) in [6.07, 6.45) is 4.27. The van der Waals surface area contributed by atoms with E-state index in [1.165, 1.54) is 43.0 Å². The van der Waals surface area contributed by atoms with Crippen molar-refractivity contribution in [3.8, 4) is 0 Å². The zero-order chi connectivity index (χ0) is 32.5. The molecule has 0 unspecified atom stereocenters. The van der Waals surface area contributed by atoms with Gasteiger partial charge in [0.2, 0.25) is 0 Å². The van der Waals surface area contributed by atoms with E-state index >= 15 is 0 Å². The van der Waals surface area contributed by atoms with Crippen LogP contribution in [-0.4, -0.2) is 6.16 Å². The second-order valence-corrected chi connectivity index (χ2v) is 19.5. The van der Waals surface area contributed by atoms with Gasteiger partial charge in [0.05, 0.1) is 12.3 Å². The molecule has 0 aliphatic rings. The minimum Gasteiger partial charge on any atom is -0.0620 e. The van der Waals surface area contributed by atoms with E-state index < -0.39 is 14.5 Å². The van der Waals surface area contributed by atoms with Crippen LogP contribution in [0.25, 0.3) is 0 Å². The first-order valence-corrected chi connectivity index (χ1v) is 20.9. The predicted molar refractivity (Wildman–Crippen MR) is 214 cm³/mol. The van der Waals surface area contributed by atoms with E-state index in [-0.39, 0.29) is 0 Å². The first-order chi connectivity index (χ1) is 23.8. The highest BCUT2D eigenvalue weighted by molar-refractivity contribution is 7.96. The average molecular weight is 657 g/mol. The molecule has 48 heavy (non-hydrogen) atoms. The normalized spacial score (nSPS) is 11.7. The highest BCUT2D eigenvalue weighted by Crippen LogP contribution is 2.59. The number of rotatable bonds is 12. The van der Waals surface area contributed by atoms with E-state index in [0.29, 0.717) is 0 Å². The van der Waals surface area contributed by atoms with Gasteiger partial charge in [0, 0.05) is 0 Å². The summed E-state index contributed by atoms with van der Waals surface area (Å²) >= 11 is 0. The van der Waals surface area contributed by atoms with Crippen molar-refractivity contribution in [1.82, 2.24) is 0 Å². The van der Waals surface area contributed by atoms with Crippen molar-refractivity contribution < 1.29 is 0 Å². The number of hydrogen-bond donors (Lipinski definition) is 0. The third-order valence-corrected chi connectivity index (χ3v) is 18.5. The Bertz CT molecular complexity index is 1800. The Morgan fingerprint density at radius 2 is 0.542 bits per heavy atom. The number of aryl methyl sites for hydroxylation is 1. The van der Waals surface area contributed by atoms with E-state index in [1.807, 2.05) is 0 Å². The molecule has 0 nitrogen and oxygen atoms in total. The quantitative estimate of drug-likeness (QED) is 0.115. The molecule has 0 fully saturated rings. The molecule has 0 aliphatic carbocycles. The fraction of sp³-hybridized carbons (Fsp3) is 0.0870. The Hall–Kier alpha value is -4.60. The van der Waals surface area contributed by atoms with Crippen LogP contribution in [0, 0.1) is 0 Å². The lowest BCUT2D eigenvalue weighted by Crippen LogP contribution is -2.33. The summed E-state index contributed by atoms with van der Waals surface area (Å²) < 4.78 is 0. The molecule has 0 saturated heterocycles. The van der Waals surface area contributed by atoms with Gasteiger partial charge in [-0.15, -0.1) is 0 Å². The van der Waals surface area contributed by atoms with Crippen LogP contribution in [0.15, 0.2) is 206 Å². The third kappa shape index (κ3) is 6.44. The van der Waals surface area contributed by atoms with Gasteiger partial charge in [-0.05, 0) is 96.8 Å². The molecule has 0 bridgehead atoms. The molecule has 7 aromatic carbocycles. The Morgan fingerprint density at radius 3 is 0.875 bits per heavy atom. The maximum atomic E-state index is 2.40.